The van der Waals surface area contributed by atoms with Gasteiger partial charge in [0.25, 0.3) is 5.91 Å². The number of anilines is 1. The van der Waals surface area contributed by atoms with Crippen molar-refractivity contribution in [3.63, 3.8) is 0 Å². The number of benzene rings is 2. The molecule has 0 aromatic heterocycles. The molecule has 0 heterocycles. The first-order valence-electron chi connectivity index (χ1n) is 8.85. The molecule has 0 radical (unpaired) electrons. The number of nitrogens with one attached hydrogen (secondary N) is 1. The maximum Gasteiger partial charge on any atom is 0.260 e. The fourth-order valence-corrected chi connectivity index (χ4v) is 2.58. The monoisotopic (exact) mass is 370 g/mol. The summed E-state index contributed by atoms with van der Waals surface area (Å²) in [5, 5.41) is 2.77. The summed E-state index contributed by atoms with van der Waals surface area (Å²) in [6.45, 7) is 5.97. The highest BCUT2D eigenvalue weighted by molar-refractivity contribution is 5.95. The minimum Gasteiger partial charge on any atom is -0.495 e. The Hall–Kier alpha value is -3.02. The molecular weight excluding hydrogens is 344 g/mol. The number of nitrogens with zero attached hydrogens (tertiary/aromatic N) is 1. The molecule has 6 heteroatoms. The van der Waals surface area contributed by atoms with Crippen molar-refractivity contribution in [3.05, 3.63) is 53.6 Å². The van der Waals surface area contributed by atoms with E-state index in [0.29, 0.717) is 23.7 Å². The number of rotatable bonds is 8. The van der Waals surface area contributed by atoms with Gasteiger partial charge in [-0.2, -0.15) is 0 Å². The fourth-order valence-electron chi connectivity index (χ4n) is 2.58. The van der Waals surface area contributed by atoms with Crippen LogP contribution in [0.25, 0.3) is 0 Å². The maximum absolute atomic E-state index is 12.5. The molecule has 0 aliphatic rings. The fraction of sp³-hybridized carbons (Fsp3) is 0.333. The molecule has 27 heavy (non-hydrogen) atoms. The van der Waals surface area contributed by atoms with Crippen LogP contribution in [0.4, 0.5) is 5.69 Å². The van der Waals surface area contributed by atoms with Gasteiger partial charge in [0.15, 0.2) is 6.61 Å². The average Bonchev–Trinajstić information content (AvgIpc) is 2.67. The molecule has 2 aromatic carbocycles. The predicted molar refractivity (Wildman–Crippen MR) is 105 cm³/mol. The lowest BCUT2D eigenvalue weighted by Gasteiger charge is -2.21. The van der Waals surface area contributed by atoms with E-state index in [0.717, 1.165) is 11.1 Å². The molecule has 0 unspecified atom stereocenters. The quantitative estimate of drug-likeness (QED) is 0.775. The van der Waals surface area contributed by atoms with Gasteiger partial charge in [-0.15, -0.1) is 0 Å². The van der Waals surface area contributed by atoms with Crippen LogP contribution in [0.1, 0.15) is 18.1 Å². The number of ether oxygens (including phenoxy) is 2. The summed E-state index contributed by atoms with van der Waals surface area (Å²) in [6, 6.07) is 13.0. The van der Waals surface area contributed by atoms with Crippen LogP contribution in [0.2, 0.25) is 0 Å². The summed E-state index contributed by atoms with van der Waals surface area (Å²) in [5.74, 6) is 0.714. The molecule has 2 aromatic rings. The van der Waals surface area contributed by atoms with Gasteiger partial charge in [0.2, 0.25) is 5.91 Å². The number of hydrogen-bond acceptors (Lipinski definition) is 4. The van der Waals surface area contributed by atoms with E-state index in [9.17, 15) is 9.59 Å². The second kappa shape index (κ2) is 9.62. The Balaban J connectivity index is 1.94. The van der Waals surface area contributed by atoms with Crippen LogP contribution in [0.3, 0.4) is 0 Å². The van der Waals surface area contributed by atoms with Gasteiger partial charge in [-0.1, -0.05) is 24.3 Å². The van der Waals surface area contributed by atoms with Crippen molar-refractivity contribution in [2.75, 3.05) is 32.1 Å². The van der Waals surface area contributed by atoms with Gasteiger partial charge >= 0.3 is 0 Å². The number of methoxy groups -OCH3 is 1. The highest BCUT2D eigenvalue weighted by atomic mass is 16.5. The zero-order valence-electron chi connectivity index (χ0n) is 16.2. The van der Waals surface area contributed by atoms with Crippen molar-refractivity contribution in [2.24, 2.45) is 0 Å². The summed E-state index contributed by atoms with van der Waals surface area (Å²) >= 11 is 0. The topological polar surface area (TPSA) is 67.9 Å². The molecule has 144 valence electrons. The highest BCUT2D eigenvalue weighted by Crippen LogP contribution is 2.23. The Kier molecular flexibility index (Phi) is 7.23. The van der Waals surface area contributed by atoms with Gasteiger partial charge in [0.05, 0.1) is 19.3 Å². The number of hydrogen-bond donors (Lipinski definition) is 1. The Morgan fingerprint density at radius 2 is 1.81 bits per heavy atom. The Morgan fingerprint density at radius 3 is 2.52 bits per heavy atom. The SMILES string of the molecule is CCN(CC(=O)Nc1ccccc1OC)C(=O)COc1cc(C)ccc1C. The van der Waals surface area contributed by atoms with E-state index in [2.05, 4.69) is 5.32 Å². The highest BCUT2D eigenvalue weighted by Gasteiger charge is 2.17. The normalized spacial score (nSPS) is 10.2. The van der Waals surface area contributed by atoms with Crippen LogP contribution in [0, 0.1) is 13.8 Å². The third-order valence-electron chi connectivity index (χ3n) is 4.14. The summed E-state index contributed by atoms with van der Waals surface area (Å²) in [5.41, 5.74) is 2.59. The average molecular weight is 370 g/mol. The van der Waals surface area contributed by atoms with Crippen LogP contribution in [-0.4, -0.2) is 43.5 Å². The molecule has 2 amide bonds. The minimum absolute atomic E-state index is 0.0520. The smallest absolute Gasteiger partial charge is 0.260 e. The summed E-state index contributed by atoms with van der Waals surface area (Å²) < 4.78 is 10.9. The lowest BCUT2D eigenvalue weighted by Crippen LogP contribution is -2.40. The van der Waals surface area contributed by atoms with Gasteiger partial charge in [-0.25, -0.2) is 0 Å². The number of aryl methyl sites for hydroxylation is 2. The van der Waals surface area contributed by atoms with E-state index in [1.165, 1.54) is 12.0 Å². The molecule has 0 bridgehead atoms. The van der Waals surface area contributed by atoms with Crippen molar-refractivity contribution in [3.8, 4) is 11.5 Å². The largest absolute Gasteiger partial charge is 0.495 e. The molecule has 0 aliphatic heterocycles. The van der Waals surface area contributed by atoms with E-state index in [4.69, 9.17) is 9.47 Å². The van der Waals surface area contributed by atoms with Crippen molar-refractivity contribution in [2.45, 2.75) is 20.8 Å². The van der Waals surface area contributed by atoms with Crippen LogP contribution in [0.15, 0.2) is 42.5 Å². The summed E-state index contributed by atoms with van der Waals surface area (Å²) in [4.78, 5) is 26.2. The standard InChI is InChI=1S/C21H26N2O4/c1-5-23(13-20(24)22-17-8-6-7-9-18(17)26-4)21(25)14-27-19-12-15(2)10-11-16(19)3/h6-12H,5,13-14H2,1-4H3,(H,22,24). The van der Waals surface area contributed by atoms with Gasteiger partial charge in [-0.05, 0) is 50.1 Å². The van der Waals surface area contributed by atoms with Gasteiger partial charge in [0.1, 0.15) is 11.5 Å². The Morgan fingerprint density at radius 1 is 1.07 bits per heavy atom. The first-order valence-corrected chi connectivity index (χ1v) is 8.85. The first-order chi connectivity index (χ1) is 12.9. The molecule has 0 aliphatic carbocycles. The van der Waals surface area contributed by atoms with Crippen molar-refractivity contribution < 1.29 is 19.1 Å². The lowest BCUT2D eigenvalue weighted by atomic mass is 10.1. The van der Waals surface area contributed by atoms with Crippen LogP contribution < -0.4 is 14.8 Å². The second-order valence-electron chi connectivity index (χ2n) is 6.21. The molecule has 0 saturated carbocycles. The number of carbonyl (C=O) groups excluding carboxylic acids is 2. The predicted octanol–water partition coefficient (Wildman–Crippen LogP) is 3.18. The van der Waals surface area contributed by atoms with E-state index in [-0.39, 0.29) is 25.0 Å². The number of likely N-dealkylation sites (N-methyl/N-ethyl adjacent to an activating group) is 1. The minimum atomic E-state index is -0.290. The summed E-state index contributed by atoms with van der Waals surface area (Å²) in [7, 11) is 1.54. The molecule has 0 fully saturated rings. The molecule has 0 atom stereocenters. The van der Waals surface area contributed by atoms with E-state index in [1.807, 2.05) is 45.0 Å². The zero-order valence-corrected chi connectivity index (χ0v) is 16.2. The molecule has 0 spiro atoms. The third kappa shape index (κ3) is 5.74. The van der Waals surface area contributed by atoms with Crippen LogP contribution >= 0.6 is 0 Å². The zero-order chi connectivity index (χ0) is 19.8. The van der Waals surface area contributed by atoms with E-state index >= 15 is 0 Å². The van der Waals surface area contributed by atoms with Crippen molar-refractivity contribution in [1.29, 1.82) is 0 Å². The molecule has 2 rings (SSSR count). The van der Waals surface area contributed by atoms with Crippen LogP contribution in [-0.2, 0) is 9.59 Å². The Bertz CT molecular complexity index is 805. The number of carbonyl (C=O) groups is 2. The maximum atomic E-state index is 12.5. The van der Waals surface area contributed by atoms with Gasteiger partial charge < -0.3 is 19.7 Å². The molecular formula is C21H26N2O4. The third-order valence-corrected chi connectivity index (χ3v) is 4.14. The van der Waals surface area contributed by atoms with Crippen molar-refractivity contribution >= 4 is 17.5 Å². The lowest BCUT2D eigenvalue weighted by molar-refractivity contribution is -0.136. The van der Waals surface area contributed by atoms with E-state index in [1.54, 1.807) is 18.2 Å². The first kappa shape index (κ1) is 20.3. The van der Waals surface area contributed by atoms with Crippen molar-refractivity contribution in [1.82, 2.24) is 4.90 Å². The van der Waals surface area contributed by atoms with Gasteiger partial charge in [0, 0.05) is 6.54 Å². The summed E-state index contributed by atoms with van der Waals surface area (Å²) in [6.07, 6.45) is 0. The Labute approximate surface area is 160 Å². The molecule has 1 N–H and O–H groups in total. The number of amides is 2. The van der Waals surface area contributed by atoms with E-state index < -0.39 is 0 Å². The second-order valence-corrected chi connectivity index (χ2v) is 6.21. The molecule has 6 nitrogen and oxygen atoms in total. The van der Waals surface area contributed by atoms with Crippen LogP contribution in [0.5, 0.6) is 11.5 Å². The number of para-hydroxylation sites is 2. The molecule has 0 saturated heterocycles. The van der Waals surface area contributed by atoms with Gasteiger partial charge in [-0.3, -0.25) is 9.59 Å².